The van der Waals surface area contributed by atoms with E-state index in [4.69, 9.17) is 0 Å². The fourth-order valence-corrected chi connectivity index (χ4v) is 1.73. The van der Waals surface area contributed by atoms with Crippen molar-refractivity contribution in [2.75, 3.05) is 5.75 Å². The van der Waals surface area contributed by atoms with Gasteiger partial charge in [-0.15, -0.1) is 0 Å². The summed E-state index contributed by atoms with van der Waals surface area (Å²) in [5.74, 6) is 1.71. The van der Waals surface area contributed by atoms with E-state index in [9.17, 15) is 0 Å². The Labute approximate surface area is 86.8 Å². The van der Waals surface area contributed by atoms with Crippen LogP contribution in [0.4, 0.5) is 0 Å². The Balaban J connectivity index is 2.35. The zero-order valence-corrected chi connectivity index (χ0v) is 9.13. The minimum atomic E-state index is 0.695. The van der Waals surface area contributed by atoms with E-state index in [0.29, 0.717) is 5.92 Å². The normalized spacial score (nSPS) is 12.8. The quantitative estimate of drug-likeness (QED) is 0.533. The molecule has 0 amide bonds. The van der Waals surface area contributed by atoms with Crippen molar-refractivity contribution in [3.8, 4) is 0 Å². The molecule has 0 radical (unpaired) electrons. The Morgan fingerprint density at radius 3 is 2.46 bits per heavy atom. The average molecular weight is 194 g/mol. The maximum absolute atomic E-state index is 4.21. The van der Waals surface area contributed by atoms with Crippen LogP contribution < -0.4 is 0 Å². The van der Waals surface area contributed by atoms with E-state index in [-0.39, 0.29) is 0 Å². The zero-order valence-electron chi connectivity index (χ0n) is 8.24. The second-order valence-electron chi connectivity index (χ2n) is 3.53. The molecule has 1 aromatic rings. The molecule has 0 spiro atoms. The maximum Gasteiger partial charge on any atom is -0.00979 e. The molecule has 0 fully saturated rings. The monoisotopic (exact) mass is 194 g/mol. The molecule has 0 aliphatic heterocycles. The van der Waals surface area contributed by atoms with E-state index in [1.54, 1.807) is 0 Å². The molecule has 0 aliphatic rings. The molecule has 0 aliphatic carbocycles. The fraction of sp³-hybridized carbons (Fsp3) is 0.500. The third-order valence-corrected chi connectivity index (χ3v) is 2.73. The van der Waals surface area contributed by atoms with E-state index >= 15 is 0 Å². The Kier molecular flexibility index (Phi) is 4.99. The third-order valence-electron chi connectivity index (χ3n) is 2.41. The molecule has 0 N–H and O–H groups in total. The van der Waals surface area contributed by atoms with Crippen LogP contribution in [0.5, 0.6) is 0 Å². The largest absolute Gasteiger partial charge is 0.179 e. The summed E-state index contributed by atoms with van der Waals surface area (Å²) in [6.07, 6.45) is 3.81. The van der Waals surface area contributed by atoms with Crippen LogP contribution in [-0.2, 0) is 0 Å². The van der Waals surface area contributed by atoms with Crippen molar-refractivity contribution in [2.24, 2.45) is 0 Å². The van der Waals surface area contributed by atoms with Gasteiger partial charge in [0.2, 0.25) is 0 Å². The van der Waals surface area contributed by atoms with E-state index in [1.165, 1.54) is 24.8 Å². The van der Waals surface area contributed by atoms with Crippen molar-refractivity contribution in [1.29, 1.82) is 0 Å². The van der Waals surface area contributed by atoms with Gasteiger partial charge in [-0.05, 0) is 30.1 Å². The van der Waals surface area contributed by atoms with Crippen molar-refractivity contribution < 1.29 is 0 Å². The SMILES string of the molecule is CC(CCCCS)c1ccccc1. The molecule has 1 rings (SSSR count). The number of hydrogen-bond donors (Lipinski definition) is 1. The molecule has 0 aromatic heterocycles. The van der Waals surface area contributed by atoms with Gasteiger partial charge in [-0.1, -0.05) is 43.7 Å². The molecular weight excluding hydrogens is 176 g/mol. The van der Waals surface area contributed by atoms with E-state index in [0.717, 1.165) is 5.75 Å². The standard InChI is InChI=1S/C12H18S/c1-11(7-5-6-10-13)12-8-3-2-4-9-12/h2-4,8-9,11,13H,5-7,10H2,1H3. The van der Waals surface area contributed by atoms with Crippen LogP contribution in [-0.4, -0.2) is 5.75 Å². The molecule has 0 nitrogen and oxygen atoms in total. The van der Waals surface area contributed by atoms with Crippen LogP contribution in [0.25, 0.3) is 0 Å². The predicted molar refractivity (Wildman–Crippen MR) is 62.6 cm³/mol. The molecule has 0 heterocycles. The van der Waals surface area contributed by atoms with Crippen LogP contribution in [0.15, 0.2) is 30.3 Å². The van der Waals surface area contributed by atoms with Crippen molar-refractivity contribution in [3.05, 3.63) is 35.9 Å². The van der Waals surface area contributed by atoms with Crippen LogP contribution >= 0.6 is 12.6 Å². The molecule has 13 heavy (non-hydrogen) atoms. The number of hydrogen-bond acceptors (Lipinski definition) is 1. The summed E-state index contributed by atoms with van der Waals surface area (Å²) in [5.41, 5.74) is 1.46. The number of rotatable bonds is 5. The summed E-state index contributed by atoms with van der Waals surface area (Å²) in [6.45, 7) is 2.30. The van der Waals surface area contributed by atoms with Gasteiger partial charge < -0.3 is 0 Å². The van der Waals surface area contributed by atoms with Gasteiger partial charge in [-0.25, -0.2) is 0 Å². The van der Waals surface area contributed by atoms with Gasteiger partial charge in [0.1, 0.15) is 0 Å². The van der Waals surface area contributed by atoms with E-state index in [2.05, 4.69) is 49.9 Å². The first-order valence-electron chi connectivity index (χ1n) is 5.00. The smallest absolute Gasteiger partial charge is 0.00979 e. The third kappa shape index (κ3) is 3.86. The van der Waals surface area contributed by atoms with E-state index < -0.39 is 0 Å². The van der Waals surface area contributed by atoms with Crippen LogP contribution in [0.3, 0.4) is 0 Å². The summed E-state index contributed by atoms with van der Waals surface area (Å²) in [7, 11) is 0. The summed E-state index contributed by atoms with van der Waals surface area (Å²) < 4.78 is 0. The molecule has 72 valence electrons. The topological polar surface area (TPSA) is 0 Å². The molecule has 0 saturated carbocycles. The lowest BCUT2D eigenvalue weighted by molar-refractivity contribution is 0.627. The molecular formula is C12H18S. The highest BCUT2D eigenvalue weighted by atomic mass is 32.1. The van der Waals surface area contributed by atoms with Crippen LogP contribution in [0, 0.1) is 0 Å². The molecule has 1 aromatic carbocycles. The Bertz CT molecular complexity index is 218. The van der Waals surface area contributed by atoms with Crippen LogP contribution in [0.1, 0.15) is 37.7 Å². The summed E-state index contributed by atoms with van der Waals surface area (Å²) in [6, 6.07) is 10.7. The second kappa shape index (κ2) is 6.09. The first-order valence-corrected chi connectivity index (χ1v) is 5.63. The predicted octanol–water partition coefficient (Wildman–Crippen LogP) is 3.89. The number of unbranched alkanes of at least 4 members (excludes halogenated alkanes) is 1. The summed E-state index contributed by atoms with van der Waals surface area (Å²) >= 11 is 4.21. The summed E-state index contributed by atoms with van der Waals surface area (Å²) in [5, 5.41) is 0. The molecule has 1 atom stereocenters. The minimum Gasteiger partial charge on any atom is -0.179 e. The molecule has 1 heteroatoms. The fourth-order valence-electron chi connectivity index (χ4n) is 1.51. The Morgan fingerprint density at radius 2 is 1.85 bits per heavy atom. The first-order chi connectivity index (χ1) is 6.34. The molecule has 1 unspecified atom stereocenters. The van der Waals surface area contributed by atoms with Crippen molar-refractivity contribution in [1.82, 2.24) is 0 Å². The maximum atomic E-state index is 4.21. The Morgan fingerprint density at radius 1 is 1.15 bits per heavy atom. The highest BCUT2D eigenvalue weighted by Gasteiger charge is 2.03. The van der Waals surface area contributed by atoms with Crippen molar-refractivity contribution >= 4 is 12.6 Å². The van der Waals surface area contributed by atoms with Gasteiger partial charge >= 0.3 is 0 Å². The number of thiol groups is 1. The lowest BCUT2D eigenvalue weighted by Crippen LogP contribution is -1.93. The van der Waals surface area contributed by atoms with Gasteiger partial charge in [0.15, 0.2) is 0 Å². The average Bonchev–Trinajstić information content (AvgIpc) is 2.19. The van der Waals surface area contributed by atoms with Gasteiger partial charge in [-0.3, -0.25) is 0 Å². The van der Waals surface area contributed by atoms with Gasteiger partial charge in [-0.2, -0.15) is 12.6 Å². The second-order valence-corrected chi connectivity index (χ2v) is 3.98. The van der Waals surface area contributed by atoms with Gasteiger partial charge in [0.25, 0.3) is 0 Å². The summed E-state index contributed by atoms with van der Waals surface area (Å²) in [4.78, 5) is 0. The lowest BCUT2D eigenvalue weighted by atomic mass is 9.96. The first kappa shape index (κ1) is 10.6. The van der Waals surface area contributed by atoms with E-state index in [1.807, 2.05) is 0 Å². The van der Waals surface area contributed by atoms with Gasteiger partial charge in [0.05, 0.1) is 0 Å². The molecule has 0 saturated heterocycles. The molecule has 0 bridgehead atoms. The van der Waals surface area contributed by atoms with Gasteiger partial charge in [0, 0.05) is 0 Å². The zero-order chi connectivity index (χ0) is 9.52. The highest BCUT2D eigenvalue weighted by molar-refractivity contribution is 7.80. The highest BCUT2D eigenvalue weighted by Crippen LogP contribution is 2.20. The van der Waals surface area contributed by atoms with Crippen LogP contribution in [0.2, 0.25) is 0 Å². The Hall–Kier alpha value is -0.430. The van der Waals surface area contributed by atoms with Crippen molar-refractivity contribution in [2.45, 2.75) is 32.1 Å². The van der Waals surface area contributed by atoms with Crippen molar-refractivity contribution in [3.63, 3.8) is 0 Å². The minimum absolute atomic E-state index is 0.695. The number of benzene rings is 1. The lowest BCUT2D eigenvalue weighted by Gasteiger charge is -2.10.